The van der Waals surface area contributed by atoms with Crippen LogP contribution in [0.25, 0.3) is 11.3 Å². The number of hydrogen-bond donors (Lipinski definition) is 2. The van der Waals surface area contributed by atoms with Gasteiger partial charge in [0, 0.05) is 23.7 Å². The normalized spacial score (nSPS) is 19.1. The van der Waals surface area contributed by atoms with Crippen LogP contribution in [0, 0.1) is 6.92 Å². The van der Waals surface area contributed by atoms with Gasteiger partial charge in [-0.3, -0.25) is 9.78 Å². The van der Waals surface area contributed by atoms with Gasteiger partial charge in [0.05, 0.1) is 30.0 Å². The monoisotopic (exact) mass is 409 g/mol. The summed E-state index contributed by atoms with van der Waals surface area (Å²) in [4.78, 5) is 21.2. The van der Waals surface area contributed by atoms with E-state index in [-0.39, 0.29) is 18.6 Å². The highest BCUT2D eigenvalue weighted by atomic mass is 32.1. The molecule has 3 heterocycles. The highest BCUT2D eigenvalue weighted by Crippen LogP contribution is 2.21. The number of rotatable bonds is 5. The van der Waals surface area contributed by atoms with E-state index in [0.29, 0.717) is 25.1 Å². The molecule has 2 N–H and O–H groups in total. The largest absolute Gasteiger partial charge is 0.389 e. The van der Waals surface area contributed by atoms with Crippen molar-refractivity contribution >= 4 is 17.2 Å². The number of ether oxygens (including phenoxy) is 1. The van der Waals surface area contributed by atoms with Gasteiger partial charge in [-0.25, -0.2) is 4.98 Å². The van der Waals surface area contributed by atoms with Crippen LogP contribution in [-0.4, -0.2) is 46.3 Å². The van der Waals surface area contributed by atoms with Gasteiger partial charge in [0.15, 0.2) is 0 Å². The maximum atomic E-state index is 12.6. The Labute approximate surface area is 173 Å². The molecule has 1 saturated heterocycles. The van der Waals surface area contributed by atoms with Crippen molar-refractivity contribution in [3.05, 3.63) is 69.8 Å². The standard InChI is InChI=1S/C22H23N3O3S/c1-14-10-23-19(22(27)25-18-6-7-28-11-21(18)26)9-17(14)8-15-2-4-16(5-3-15)20-12-29-13-24-20/h2-5,9-10,12-13,18,21,26H,6-8,11H2,1H3,(H,25,27)/t18?,21-/m1/s1. The minimum Gasteiger partial charge on any atom is -0.389 e. The summed E-state index contributed by atoms with van der Waals surface area (Å²) in [6, 6.07) is 9.85. The molecular weight excluding hydrogens is 386 g/mol. The highest BCUT2D eigenvalue weighted by molar-refractivity contribution is 7.07. The van der Waals surface area contributed by atoms with Crippen molar-refractivity contribution in [3.63, 3.8) is 0 Å². The lowest BCUT2D eigenvalue weighted by Gasteiger charge is -2.28. The van der Waals surface area contributed by atoms with Gasteiger partial charge in [-0.05, 0) is 42.5 Å². The number of pyridine rings is 1. The minimum absolute atomic E-state index is 0.244. The third-order valence-corrected chi connectivity index (χ3v) is 5.75. The second kappa shape index (κ2) is 8.82. The lowest BCUT2D eigenvalue weighted by atomic mass is 9.99. The smallest absolute Gasteiger partial charge is 0.270 e. The molecule has 0 spiro atoms. The van der Waals surface area contributed by atoms with E-state index in [2.05, 4.69) is 39.6 Å². The first kappa shape index (κ1) is 19.7. The molecular formula is C22H23N3O3S. The van der Waals surface area contributed by atoms with Crippen LogP contribution >= 0.6 is 11.3 Å². The molecule has 7 heteroatoms. The van der Waals surface area contributed by atoms with Crippen LogP contribution in [0.5, 0.6) is 0 Å². The SMILES string of the molecule is Cc1cnc(C(=O)NC2CCOC[C@H]2O)cc1Cc1ccc(-c2cscn2)cc1. The lowest BCUT2D eigenvalue weighted by molar-refractivity contribution is -0.0261. The molecule has 2 atom stereocenters. The number of nitrogens with one attached hydrogen (secondary N) is 1. The van der Waals surface area contributed by atoms with Gasteiger partial charge in [-0.1, -0.05) is 24.3 Å². The van der Waals surface area contributed by atoms with Crippen molar-refractivity contribution in [2.45, 2.75) is 31.9 Å². The molecule has 1 amide bonds. The van der Waals surface area contributed by atoms with Gasteiger partial charge >= 0.3 is 0 Å². The summed E-state index contributed by atoms with van der Waals surface area (Å²) in [6.45, 7) is 2.77. The Bertz CT molecular complexity index is 973. The first-order valence-electron chi connectivity index (χ1n) is 9.60. The van der Waals surface area contributed by atoms with Crippen molar-refractivity contribution in [2.75, 3.05) is 13.2 Å². The molecule has 150 valence electrons. The third-order valence-electron chi connectivity index (χ3n) is 5.17. The lowest BCUT2D eigenvalue weighted by Crippen LogP contribution is -2.48. The number of benzene rings is 1. The molecule has 0 radical (unpaired) electrons. The van der Waals surface area contributed by atoms with Gasteiger partial charge in [0.1, 0.15) is 5.69 Å². The fraction of sp³-hybridized carbons (Fsp3) is 0.318. The van der Waals surface area contributed by atoms with E-state index in [9.17, 15) is 9.90 Å². The number of hydrogen-bond acceptors (Lipinski definition) is 6. The molecule has 1 fully saturated rings. The molecule has 0 bridgehead atoms. The number of nitrogens with zero attached hydrogens (tertiary/aromatic N) is 2. The Morgan fingerprint density at radius 2 is 2.14 bits per heavy atom. The second-order valence-corrected chi connectivity index (χ2v) is 7.97. The van der Waals surface area contributed by atoms with Crippen LogP contribution in [0.15, 0.2) is 47.4 Å². The van der Waals surface area contributed by atoms with Crippen LogP contribution in [-0.2, 0) is 11.2 Å². The summed E-state index contributed by atoms with van der Waals surface area (Å²) in [5, 5.41) is 14.9. The summed E-state index contributed by atoms with van der Waals surface area (Å²) >= 11 is 1.58. The number of thiazole rings is 1. The van der Waals surface area contributed by atoms with E-state index in [1.54, 1.807) is 17.5 Å². The molecule has 3 aromatic rings. The first-order chi connectivity index (χ1) is 14.1. The van der Waals surface area contributed by atoms with E-state index in [0.717, 1.165) is 27.9 Å². The van der Waals surface area contributed by atoms with E-state index in [1.165, 1.54) is 0 Å². The van der Waals surface area contributed by atoms with Crippen LogP contribution < -0.4 is 5.32 Å². The number of amides is 1. The molecule has 0 saturated carbocycles. The quantitative estimate of drug-likeness (QED) is 0.677. The third kappa shape index (κ3) is 4.70. The fourth-order valence-electron chi connectivity index (χ4n) is 3.38. The second-order valence-electron chi connectivity index (χ2n) is 7.25. The molecule has 6 nitrogen and oxygen atoms in total. The number of aryl methyl sites for hydroxylation is 1. The number of aromatic nitrogens is 2. The number of carbonyl (C=O) groups excluding carboxylic acids is 1. The van der Waals surface area contributed by atoms with Crippen molar-refractivity contribution < 1.29 is 14.6 Å². The van der Waals surface area contributed by atoms with Gasteiger partial charge in [0.2, 0.25) is 0 Å². The summed E-state index contributed by atoms with van der Waals surface area (Å²) in [7, 11) is 0. The zero-order valence-corrected chi connectivity index (χ0v) is 17.0. The Morgan fingerprint density at radius 1 is 1.31 bits per heavy atom. The first-order valence-corrected chi connectivity index (χ1v) is 10.5. The van der Waals surface area contributed by atoms with Crippen molar-refractivity contribution in [1.29, 1.82) is 0 Å². The van der Waals surface area contributed by atoms with Gasteiger partial charge in [-0.2, -0.15) is 0 Å². The van der Waals surface area contributed by atoms with Crippen molar-refractivity contribution in [3.8, 4) is 11.3 Å². The molecule has 4 rings (SSSR count). The number of aliphatic hydroxyl groups excluding tert-OH is 1. The molecule has 1 unspecified atom stereocenters. The van der Waals surface area contributed by atoms with Gasteiger partial charge in [-0.15, -0.1) is 11.3 Å². The van der Waals surface area contributed by atoms with Crippen molar-refractivity contribution in [2.24, 2.45) is 0 Å². The Balaban J connectivity index is 1.47. The fourth-order valence-corrected chi connectivity index (χ4v) is 3.94. The van der Waals surface area contributed by atoms with Crippen LogP contribution in [0.2, 0.25) is 0 Å². The Morgan fingerprint density at radius 3 is 2.86 bits per heavy atom. The molecule has 29 heavy (non-hydrogen) atoms. The molecule has 1 aliphatic heterocycles. The molecule has 0 aliphatic carbocycles. The Kier molecular flexibility index (Phi) is 5.99. The van der Waals surface area contributed by atoms with Gasteiger partial charge < -0.3 is 15.2 Å². The average Bonchev–Trinajstić information content (AvgIpc) is 3.27. The summed E-state index contributed by atoms with van der Waals surface area (Å²) < 4.78 is 5.21. The molecule has 2 aromatic heterocycles. The van der Waals surface area contributed by atoms with Gasteiger partial charge in [0.25, 0.3) is 5.91 Å². The molecule has 1 aromatic carbocycles. The zero-order valence-electron chi connectivity index (χ0n) is 16.2. The topological polar surface area (TPSA) is 84.3 Å². The highest BCUT2D eigenvalue weighted by Gasteiger charge is 2.26. The molecule has 1 aliphatic rings. The van der Waals surface area contributed by atoms with E-state index in [1.807, 2.05) is 23.9 Å². The van der Waals surface area contributed by atoms with E-state index in [4.69, 9.17) is 4.74 Å². The summed E-state index contributed by atoms with van der Waals surface area (Å²) in [5.74, 6) is -0.268. The maximum absolute atomic E-state index is 12.6. The zero-order chi connectivity index (χ0) is 20.2. The maximum Gasteiger partial charge on any atom is 0.270 e. The van der Waals surface area contributed by atoms with Crippen LogP contribution in [0.1, 0.15) is 33.6 Å². The minimum atomic E-state index is -0.686. The van der Waals surface area contributed by atoms with E-state index >= 15 is 0 Å². The van der Waals surface area contributed by atoms with Crippen LogP contribution in [0.4, 0.5) is 0 Å². The average molecular weight is 410 g/mol. The van der Waals surface area contributed by atoms with Crippen molar-refractivity contribution in [1.82, 2.24) is 15.3 Å². The number of carbonyl (C=O) groups is 1. The van der Waals surface area contributed by atoms with E-state index < -0.39 is 6.10 Å². The number of aliphatic hydroxyl groups is 1. The predicted octanol–water partition coefficient (Wildman–Crippen LogP) is 2.98. The summed E-state index contributed by atoms with van der Waals surface area (Å²) in [5.41, 5.74) is 7.52. The van der Waals surface area contributed by atoms with Crippen LogP contribution in [0.3, 0.4) is 0 Å². The Hall–Kier alpha value is -2.61. The summed E-state index contributed by atoms with van der Waals surface area (Å²) in [6.07, 6.45) is 2.35. The predicted molar refractivity (Wildman–Crippen MR) is 112 cm³/mol.